The predicted molar refractivity (Wildman–Crippen MR) is 79.7 cm³/mol. The molecule has 1 aromatic carbocycles. The molecule has 1 saturated carbocycles. The molecule has 0 aliphatic heterocycles. The molecule has 1 heterocycles. The lowest BCUT2D eigenvalue weighted by molar-refractivity contribution is 0.0689. The van der Waals surface area contributed by atoms with Crippen molar-refractivity contribution in [2.24, 2.45) is 0 Å². The van der Waals surface area contributed by atoms with E-state index in [2.05, 4.69) is 15.3 Å². The van der Waals surface area contributed by atoms with Gasteiger partial charge in [0, 0.05) is 6.20 Å². The lowest BCUT2D eigenvalue weighted by Crippen LogP contribution is -2.36. The van der Waals surface area contributed by atoms with Gasteiger partial charge in [0.2, 0.25) is 0 Å². The summed E-state index contributed by atoms with van der Waals surface area (Å²) in [5.74, 6) is -0.829. The number of hydrogen-bond donors (Lipinski definition) is 2. The van der Waals surface area contributed by atoms with Gasteiger partial charge >= 0.3 is 12.1 Å². The summed E-state index contributed by atoms with van der Waals surface area (Å²) in [6.07, 6.45) is 2.10. The third kappa shape index (κ3) is 3.45. The number of benzene rings is 1. The number of carboxylic acid groups (broad SMARTS) is 1. The number of rotatable bonds is 5. The number of carboxylic acids is 1. The highest BCUT2D eigenvalue weighted by molar-refractivity contribution is 5.85. The van der Waals surface area contributed by atoms with E-state index in [0.29, 0.717) is 18.7 Å². The summed E-state index contributed by atoms with van der Waals surface area (Å²) in [5.41, 5.74) is 0.0662. The van der Waals surface area contributed by atoms with Crippen LogP contribution in [0.5, 0.6) is 0 Å². The third-order valence-corrected chi connectivity index (χ3v) is 3.61. The summed E-state index contributed by atoms with van der Waals surface area (Å²) >= 11 is 0. The first-order valence-corrected chi connectivity index (χ1v) is 7.15. The van der Waals surface area contributed by atoms with Gasteiger partial charge in [-0.1, -0.05) is 30.3 Å². The number of nitrogens with one attached hydrogen (secondary N) is 1. The minimum absolute atomic E-state index is 0.0965. The molecule has 0 spiro atoms. The van der Waals surface area contributed by atoms with Crippen molar-refractivity contribution in [2.45, 2.75) is 25.0 Å². The predicted octanol–water partition coefficient (Wildman–Crippen LogP) is 2.09. The van der Waals surface area contributed by atoms with Crippen LogP contribution < -0.4 is 5.32 Å². The maximum atomic E-state index is 12.0. The van der Waals surface area contributed by atoms with E-state index >= 15 is 0 Å². The second-order valence-electron chi connectivity index (χ2n) is 5.34. The SMILES string of the molecule is O=C(NC1(c2nccc(C(=O)O)n2)CC1)OCc1ccccc1. The fourth-order valence-electron chi connectivity index (χ4n) is 2.19. The number of aromatic nitrogens is 2. The third-order valence-electron chi connectivity index (χ3n) is 3.61. The van der Waals surface area contributed by atoms with Crippen LogP contribution in [0.15, 0.2) is 42.6 Å². The first kappa shape index (κ1) is 15.0. The molecule has 0 unspecified atom stereocenters. The second kappa shape index (κ2) is 6.04. The lowest BCUT2D eigenvalue weighted by atomic mass is 10.2. The second-order valence-corrected chi connectivity index (χ2v) is 5.34. The fraction of sp³-hybridized carbons (Fsp3) is 0.250. The summed E-state index contributed by atoms with van der Waals surface area (Å²) in [5, 5.41) is 11.7. The molecule has 2 N–H and O–H groups in total. The van der Waals surface area contributed by atoms with Crippen LogP contribution in [0, 0.1) is 0 Å². The summed E-state index contributed by atoms with van der Waals surface area (Å²) in [6, 6.07) is 10.7. The number of hydrogen-bond acceptors (Lipinski definition) is 5. The number of amides is 1. The Labute approximate surface area is 132 Å². The van der Waals surface area contributed by atoms with Crippen molar-refractivity contribution in [2.75, 3.05) is 0 Å². The van der Waals surface area contributed by atoms with Crippen LogP contribution in [0.25, 0.3) is 0 Å². The highest BCUT2D eigenvalue weighted by Gasteiger charge is 2.49. The molecule has 1 aliphatic carbocycles. The Morgan fingerprint density at radius 1 is 1.22 bits per heavy atom. The van der Waals surface area contributed by atoms with Crippen molar-refractivity contribution in [3.8, 4) is 0 Å². The molecule has 1 fully saturated rings. The largest absolute Gasteiger partial charge is 0.477 e. The van der Waals surface area contributed by atoms with Crippen molar-refractivity contribution < 1.29 is 19.4 Å². The van der Waals surface area contributed by atoms with Crippen LogP contribution >= 0.6 is 0 Å². The van der Waals surface area contributed by atoms with E-state index in [-0.39, 0.29) is 12.3 Å². The number of alkyl carbamates (subject to hydrolysis) is 1. The lowest BCUT2D eigenvalue weighted by Gasteiger charge is -2.16. The number of nitrogens with zero attached hydrogens (tertiary/aromatic N) is 2. The zero-order valence-electron chi connectivity index (χ0n) is 12.2. The van der Waals surface area contributed by atoms with Crippen LogP contribution in [0.2, 0.25) is 0 Å². The molecule has 1 aliphatic rings. The van der Waals surface area contributed by atoms with E-state index in [1.165, 1.54) is 12.3 Å². The van der Waals surface area contributed by atoms with Crippen LogP contribution in [0.4, 0.5) is 4.79 Å². The topological polar surface area (TPSA) is 101 Å². The van der Waals surface area contributed by atoms with Gasteiger partial charge in [-0.05, 0) is 24.5 Å². The number of aromatic carboxylic acids is 1. The van der Waals surface area contributed by atoms with Gasteiger partial charge in [0.25, 0.3) is 0 Å². The van der Waals surface area contributed by atoms with E-state index in [1.807, 2.05) is 30.3 Å². The summed E-state index contributed by atoms with van der Waals surface area (Å²) in [7, 11) is 0. The molecule has 0 atom stereocenters. The van der Waals surface area contributed by atoms with Crippen LogP contribution in [0.1, 0.15) is 34.7 Å². The standard InChI is InChI=1S/C16H15N3O4/c20-13(21)12-6-9-17-14(18-12)16(7-8-16)19-15(22)23-10-11-4-2-1-3-5-11/h1-6,9H,7-8,10H2,(H,19,22)(H,20,21). The molecular formula is C16H15N3O4. The van der Waals surface area contributed by atoms with E-state index in [4.69, 9.17) is 9.84 Å². The first-order chi connectivity index (χ1) is 11.1. The molecule has 0 bridgehead atoms. The molecule has 0 radical (unpaired) electrons. The molecule has 7 heteroatoms. The van der Waals surface area contributed by atoms with Crippen molar-refractivity contribution in [1.82, 2.24) is 15.3 Å². The van der Waals surface area contributed by atoms with E-state index in [0.717, 1.165) is 5.56 Å². The van der Waals surface area contributed by atoms with E-state index < -0.39 is 17.6 Å². The first-order valence-electron chi connectivity index (χ1n) is 7.15. The Hall–Kier alpha value is -2.96. The quantitative estimate of drug-likeness (QED) is 0.876. The Kier molecular flexibility index (Phi) is 3.92. The van der Waals surface area contributed by atoms with Gasteiger partial charge in [-0.2, -0.15) is 0 Å². The van der Waals surface area contributed by atoms with Gasteiger partial charge in [-0.15, -0.1) is 0 Å². The van der Waals surface area contributed by atoms with Gasteiger partial charge in [0.05, 0.1) is 0 Å². The minimum Gasteiger partial charge on any atom is -0.477 e. The van der Waals surface area contributed by atoms with Crippen molar-refractivity contribution in [3.63, 3.8) is 0 Å². The molecule has 1 amide bonds. The van der Waals surface area contributed by atoms with Crippen LogP contribution in [-0.2, 0) is 16.9 Å². The highest BCUT2D eigenvalue weighted by atomic mass is 16.5. The Morgan fingerprint density at radius 2 is 1.96 bits per heavy atom. The zero-order chi connectivity index (χ0) is 16.3. The van der Waals surface area contributed by atoms with Gasteiger partial charge in [-0.25, -0.2) is 19.6 Å². The van der Waals surface area contributed by atoms with Crippen LogP contribution in [-0.4, -0.2) is 27.1 Å². The van der Waals surface area contributed by atoms with Gasteiger partial charge in [0.1, 0.15) is 12.1 Å². The minimum atomic E-state index is -1.13. The van der Waals surface area contributed by atoms with Gasteiger partial charge in [0.15, 0.2) is 11.5 Å². The maximum absolute atomic E-state index is 12.0. The summed E-state index contributed by atoms with van der Waals surface area (Å²) in [4.78, 5) is 31.0. The highest BCUT2D eigenvalue weighted by Crippen LogP contribution is 2.43. The number of carbonyl (C=O) groups is 2. The zero-order valence-corrected chi connectivity index (χ0v) is 12.2. The van der Waals surface area contributed by atoms with Crippen molar-refractivity contribution >= 4 is 12.1 Å². The normalized spacial score (nSPS) is 14.8. The Balaban J connectivity index is 1.64. The van der Waals surface area contributed by atoms with Crippen molar-refractivity contribution in [1.29, 1.82) is 0 Å². The number of carbonyl (C=O) groups excluding carboxylic acids is 1. The fourth-order valence-corrected chi connectivity index (χ4v) is 2.19. The molecule has 0 saturated heterocycles. The average Bonchev–Trinajstić information content (AvgIpc) is 3.35. The molecule has 118 valence electrons. The van der Waals surface area contributed by atoms with Gasteiger partial charge < -0.3 is 15.2 Å². The van der Waals surface area contributed by atoms with Gasteiger partial charge in [-0.3, -0.25) is 0 Å². The Morgan fingerprint density at radius 3 is 2.61 bits per heavy atom. The summed E-state index contributed by atoms with van der Waals surface area (Å²) in [6.45, 7) is 0.165. The van der Waals surface area contributed by atoms with Crippen molar-refractivity contribution in [3.05, 3.63) is 59.7 Å². The molecule has 23 heavy (non-hydrogen) atoms. The molecule has 2 aromatic rings. The molecule has 1 aromatic heterocycles. The van der Waals surface area contributed by atoms with E-state index in [1.54, 1.807) is 0 Å². The average molecular weight is 313 g/mol. The molecule has 7 nitrogen and oxygen atoms in total. The number of ether oxygens (including phenoxy) is 1. The molecule has 3 rings (SSSR count). The van der Waals surface area contributed by atoms with Crippen LogP contribution in [0.3, 0.4) is 0 Å². The molecular weight excluding hydrogens is 298 g/mol. The van der Waals surface area contributed by atoms with E-state index in [9.17, 15) is 9.59 Å². The Bertz CT molecular complexity index is 729. The maximum Gasteiger partial charge on any atom is 0.408 e. The monoisotopic (exact) mass is 313 g/mol. The summed E-state index contributed by atoms with van der Waals surface area (Å²) < 4.78 is 5.18. The smallest absolute Gasteiger partial charge is 0.408 e.